The van der Waals surface area contributed by atoms with Gasteiger partial charge in [-0.25, -0.2) is 4.79 Å². The number of unbranched alkanes of at least 4 members (excludes halogenated alkanes) is 1. The zero-order valence-corrected chi connectivity index (χ0v) is 54.5. The van der Waals surface area contributed by atoms with Crippen molar-refractivity contribution >= 4 is 81.8 Å². The maximum atomic E-state index is 15.0. The molecule has 2 bridgehead atoms. The maximum Gasteiger partial charge on any atom is 0.315 e. The van der Waals surface area contributed by atoms with Gasteiger partial charge in [-0.05, 0) is 74.1 Å². The Morgan fingerprint density at radius 1 is 0.674 bits per heavy atom. The zero-order valence-electron chi connectivity index (χ0n) is 53.7. The first-order valence-corrected chi connectivity index (χ1v) is 33.6. The van der Waals surface area contributed by atoms with Crippen LogP contribution in [0.15, 0.2) is 102 Å². The van der Waals surface area contributed by atoms with Gasteiger partial charge < -0.3 is 78.5 Å². The lowest BCUT2D eigenvalue weighted by Crippen LogP contribution is -2.57. The van der Waals surface area contributed by atoms with Crippen molar-refractivity contribution in [2.75, 3.05) is 58.5 Å². The van der Waals surface area contributed by atoms with Crippen molar-refractivity contribution in [2.24, 2.45) is 35.2 Å². The summed E-state index contributed by atoms with van der Waals surface area (Å²) in [6, 6.07) is 19.5. The number of ether oxygens (including phenoxy) is 3. The topological polar surface area (TPSA) is 404 Å². The molecule has 2 saturated heterocycles. The number of rotatable bonds is 28. The number of para-hydroxylation sites is 1. The Bertz CT molecular complexity index is 3400. The van der Waals surface area contributed by atoms with Gasteiger partial charge in [0, 0.05) is 99.0 Å². The normalized spacial score (nSPS) is 22.4. The molecule has 3 aromatic carbocycles. The van der Waals surface area contributed by atoms with E-state index in [4.69, 9.17) is 31.4 Å². The van der Waals surface area contributed by atoms with Crippen LogP contribution in [0.1, 0.15) is 86.6 Å². The summed E-state index contributed by atoms with van der Waals surface area (Å²) >= 11 is 1.85. The number of aromatic nitrogens is 4. The second-order valence-corrected chi connectivity index (χ2v) is 25.4. The molecular formula is C66H90N16O12S. The van der Waals surface area contributed by atoms with Crippen LogP contribution in [0, 0.1) is 5.92 Å². The molecule has 1 unspecified atom stereocenters. The lowest BCUT2D eigenvalue weighted by atomic mass is 9.89. The van der Waals surface area contributed by atoms with Crippen molar-refractivity contribution < 1.29 is 57.4 Å². The lowest BCUT2D eigenvalue weighted by Gasteiger charge is -2.27. The van der Waals surface area contributed by atoms with Crippen LogP contribution in [-0.4, -0.2) is 185 Å². The quantitative estimate of drug-likeness (QED) is 0.0142. The minimum Gasteiger partial charge on any atom is -0.377 e. The highest BCUT2D eigenvalue weighted by Crippen LogP contribution is 2.33. The van der Waals surface area contributed by atoms with Crippen molar-refractivity contribution in [3.8, 4) is 0 Å². The molecule has 9 amide bonds. The molecule has 9 atom stereocenters. The average molecular weight is 1330 g/mol. The first kappa shape index (κ1) is 71.9. The molecule has 8 rings (SSSR count). The van der Waals surface area contributed by atoms with E-state index in [1.54, 1.807) is 53.3 Å². The molecule has 512 valence electrons. The number of carbonyl (C=O) groups is 9. The third-order valence-corrected chi connectivity index (χ3v) is 18.3. The molecule has 2 fully saturated rings. The Morgan fingerprint density at radius 3 is 2.09 bits per heavy atom. The van der Waals surface area contributed by atoms with E-state index in [0.29, 0.717) is 54.4 Å². The highest BCUT2D eigenvalue weighted by Gasteiger charge is 2.43. The Kier molecular flexibility index (Phi) is 28.2. The number of nitrogens with one attached hydrogen (secondary N) is 8. The smallest absolute Gasteiger partial charge is 0.315 e. The first-order valence-electron chi connectivity index (χ1n) is 32.5. The number of urea groups is 1. The predicted octanol–water partition coefficient (Wildman–Crippen LogP) is 0.654. The summed E-state index contributed by atoms with van der Waals surface area (Å²) < 4.78 is 20.3. The molecule has 0 radical (unpaired) electrons. The van der Waals surface area contributed by atoms with Crippen LogP contribution in [-0.2, 0) is 91.8 Å². The van der Waals surface area contributed by atoms with E-state index in [1.807, 2.05) is 72.0 Å². The van der Waals surface area contributed by atoms with Gasteiger partial charge in [0.1, 0.15) is 30.8 Å². The number of nitrogens with two attached hydrogens (primary N) is 3. The number of guanidine groups is 1. The van der Waals surface area contributed by atoms with E-state index in [-0.39, 0.29) is 115 Å². The molecule has 2 aromatic heterocycles. The van der Waals surface area contributed by atoms with Gasteiger partial charge in [0.05, 0.1) is 56.9 Å². The molecule has 29 heteroatoms. The van der Waals surface area contributed by atoms with Gasteiger partial charge in [0.15, 0.2) is 11.7 Å². The van der Waals surface area contributed by atoms with E-state index < -0.39 is 90.4 Å². The second-order valence-electron chi connectivity index (χ2n) is 24.1. The van der Waals surface area contributed by atoms with E-state index in [1.165, 1.54) is 0 Å². The van der Waals surface area contributed by atoms with E-state index >= 15 is 4.79 Å². The lowest BCUT2D eigenvalue weighted by molar-refractivity contribution is -0.135. The van der Waals surface area contributed by atoms with Crippen LogP contribution in [0.2, 0.25) is 0 Å². The predicted molar refractivity (Wildman–Crippen MR) is 356 cm³/mol. The van der Waals surface area contributed by atoms with Gasteiger partial charge in [-0.2, -0.15) is 11.8 Å². The van der Waals surface area contributed by atoms with Gasteiger partial charge in [-0.3, -0.25) is 48.0 Å². The minimum atomic E-state index is -1.34. The fourth-order valence-corrected chi connectivity index (χ4v) is 13.4. The summed E-state index contributed by atoms with van der Waals surface area (Å²) in [5, 5.41) is 32.8. The zero-order chi connectivity index (χ0) is 67.5. The standard InChI is InChI=1S/C66H90N16O12S/c1-81-38-45(47-19-8-9-22-54(47)81)35-51-63(89)74-49(60(67)86)20-12-13-27-82-39-46(79-80-82)37-52(72-58(85)40-94-32-31-93-30-29-92-28-26-70-57(84)24-11-10-23-56-59-53(41-95-56)77-66(91)78-59)64(90)76-50(34-43-17-6-3-7-18-43)62(88)73-48(21-14-25-71-65(68)69)55(83)36-44(61(87)75-51)33-42-15-4-2-5-16-42/h2-9,15-19,22,38-39,44,48-53,56,59H,10-14,20-21,23-37,40-41H2,1H3,(H2,67,86)(H,70,84)(H,72,85)(H,73,88)(H,74,89)(H,75,87)(H,76,90)(H4,68,69,71)(H2,77,78,91)/t44-,48+,49-,50+,51-,52-,53-,56?,59-/m0/s1. The molecule has 28 nitrogen and oxygen atoms in total. The van der Waals surface area contributed by atoms with E-state index in [9.17, 15) is 38.4 Å². The van der Waals surface area contributed by atoms with Gasteiger partial charge in [-0.15, -0.1) is 5.10 Å². The summed E-state index contributed by atoms with van der Waals surface area (Å²) in [6.07, 6.45) is 7.05. The maximum absolute atomic E-state index is 15.0. The summed E-state index contributed by atoms with van der Waals surface area (Å²) in [4.78, 5) is 129. The number of thioether (sulfide) groups is 1. The molecule has 0 saturated carbocycles. The number of nitrogens with zero attached hydrogens (tertiary/aromatic N) is 5. The van der Waals surface area contributed by atoms with Crippen molar-refractivity contribution in [1.82, 2.24) is 62.1 Å². The van der Waals surface area contributed by atoms with Crippen LogP contribution in [0.3, 0.4) is 0 Å². The number of aliphatic imine (C=N–C) groups is 1. The SMILES string of the molecule is Cn1cc(C[C@@H]2NC(=O)[C@@H](Cc3ccccc3)CC(=O)[C@@H](CCCN=C(N)N)NC(=O)[C@@H](Cc3ccccc3)NC(=O)[C@@H](NC(=O)COCCOCCOCCNC(=O)CCCCC3SC[C@@H]4NC(=O)N[C@H]34)Cc3cn(nn3)CCCC[C@@H](C(N)=O)NC2=O)c2ccccc21. The highest BCUT2D eigenvalue weighted by molar-refractivity contribution is 8.00. The molecule has 95 heavy (non-hydrogen) atoms. The number of amides is 9. The summed E-state index contributed by atoms with van der Waals surface area (Å²) in [6.45, 7) is 1.16. The first-order chi connectivity index (χ1) is 46.0. The molecule has 3 aliphatic rings. The fourth-order valence-electron chi connectivity index (χ4n) is 11.9. The number of Topliss-reactive ketones (excluding diaryl/α,β-unsaturated/α-hetero) is 1. The Hall–Kier alpha value is -8.93. The van der Waals surface area contributed by atoms with Crippen molar-refractivity contribution in [1.29, 1.82) is 0 Å². The average Bonchev–Trinajstić information content (AvgIpc) is 1.69. The molecule has 0 spiro atoms. The number of aryl methyl sites for hydroxylation is 2. The summed E-state index contributed by atoms with van der Waals surface area (Å²) in [5.74, 6) is -5.25. The van der Waals surface area contributed by atoms with Gasteiger partial charge >= 0.3 is 6.03 Å². The number of fused-ring (bicyclic) bond motifs is 4. The molecule has 5 aromatic rings. The number of hydrogen-bond acceptors (Lipinski definition) is 16. The number of hydrogen-bond donors (Lipinski definition) is 11. The van der Waals surface area contributed by atoms with Crippen LogP contribution >= 0.6 is 11.8 Å². The fraction of sp³-hybridized carbons (Fsp3) is 0.515. The van der Waals surface area contributed by atoms with Gasteiger partial charge in [-0.1, -0.05) is 90.5 Å². The third-order valence-electron chi connectivity index (χ3n) is 16.8. The largest absolute Gasteiger partial charge is 0.377 e. The third kappa shape index (κ3) is 23.2. The Morgan fingerprint density at radius 2 is 1.35 bits per heavy atom. The number of primary amides is 1. The van der Waals surface area contributed by atoms with Crippen LogP contribution in [0.25, 0.3) is 10.9 Å². The minimum absolute atomic E-state index is 0.00740. The number of ketones is 1. The van der Waals surface area contributed by atoms with Crippen molar-refractivity contribution in [3.05, 3.63) is 120 Å². The van der Waals surface area contributed by atoms with Gasteiger partial charge in [0.2, 0.25) is 41.4 Å². The molecule has 0 aliphatic carbocycles. The van der Waals surface area contributed by atoms with Gasteiger partial charge in [0.25, 0.3) is 0 Å². The monoisotopic (exact) mass is 1330 g/mol. The van der Waals surface area contributed by atoms with E-state index in [0.717, 1.165) is 41.5 Å². The molecule has 5 heterocycles. The summed E-state index contributed by atoms with van der Waals surface area (Å²) in [7, 11) is 1.87. The Labute approximate surface area is 556 Å². The van der Waals surface area contributed by atoms with Crippen LogP contribution in [0.4, 0.5) is 4.79 Å². The van der Waals surface area contributed by atoms with Crippen molar-refractivity contribution in [3.63, 3.8) is 0 Å². The second kappa shape index (κ2) is 37.2. The molecule has 14 N–H and O–H groups in total. The molecular weight excluding hydrogens is 1240 g/mol. The molecule has 3 aliphatic heterocycles. The number of carbonyl (C=O) groups excluding carboxylic acids is 9. The van der Waals surface area contributed by atoms with Crippen LogP contribution in [0.5, 0.6) is 0 Å². The highest BCUT2D eigenvalue weighted by atomic mass is 32.2. The van der Waals surface area contributed by atoms with Crippen molar-refractivity contribution in [2.45, 2.75) is 144 Å². The number of benzene rings is 3. The van der Waals surface area contributed by atoms with Crippen LogP contribution < -0.4 is 59.7 Å². The van der Waals surface area contributed by atoms with E-state index in [2.05, 4.69) is 57.8 Å². The Balaban J connectivity index is 0.934. The summed E-state index contributed by atoms with van der Waals surface area (Å²) in [5.41, 5.74) is 20.6.